The molecule has 0 unspecified atom stereocenters. The lowest BCUT2D eigenvalue weighted by Gasteiger charge is -2.31. The molecule has 0 radical (unpaired) electrons. The molecule has 1 aliphatic carbocycles. The summed E-state index contributed by atoms with van der Waals surface area (Å²) >= 11 is 0. The number of carbonyl (C=O) groups excluding carboxylic acids is 1. The van der Waals surface area contributed by atoms with Gasteiger partial charge < -0.3 is 14.0 Å². The zero-order valence-electron chi connectivity index (χ0n) is 21.1. The summed E-state index contributed by atoms with van der Waals surface area (Å²) in [4.78, 5) is 12.2. The second-order valence-corrected chi connectivity index (χ2v) is 10.3. The van der Waals surface area contributed by atoms with Crippen LogP contribution in [0.2, 0.25) is 0 Å². The normalized spacial score (nSPS) is 20.6. The number of nitrogens with zero attached hydrogens (tertiary/aromatic N) is 3. The fourth-order valence-corrected chi connectivity index (χ4v) is 6.42. The Morgan fingerprint density at radius 3 is 2.50 bits per heavy atom. The summed E-state index contributed by atoms with van der Waals surface area (Å²) in [5.41, 5.74) is 4.65. The molecule has 4 aromatic rings. The third-order valence-corrected chi connectivity index (χ3v) is 8.27. The van der Waals surface area contributed by atoms with Gasteiger partial charge in [0.25, 0.3) is 0 Å². The minimum absolute atomic E-state index is 0.111. The molecule has 38 heavy (non-hydrogen) atoms. The van der Waals surface area contributed by atoms with Crippen LogP contribution in [0.25, 0.3) is 27.5 Å². The lowest BCUT2D eigenvalue weighted by molar-refractivity contribution is -0.146. The van der Waals surface area contributed by atoms with Crippen LogP contribution in [0.1, 0.15) is 67.3 Å². The van der Waals surface area contributed by atoms with Gasteiger partial charge in [-0.3, -0.25) is 9.89 Å². The van der Waals surface area contributed by atoms with Crippen molar-refractivity contribution >= 4 is 27.8 Å². The Kier molecular flexibility index (Phi) is 6.36. The lowest BCUT2D eigenvalue weighted by Crippen LogP contribution is -2.24. The van der Waals surface area contributed by atoms with E-state index in [0.29, 0.717) is 24.3 Å². The Hall–Kier alpha value is -3.77. The standard InChI is InChI=1S/C29H28F2N4O3/c1-37-29(36)18-4-2-16(3-5-18)27-21-13-24-20(25(15-32)34-33-24)14-26(21)35(19-6-7-22(30)23(31)12-19)28(27)17-8-10-38-11-9-17/h6-7,12-14,16-18H,2-5,8-11H2,1H3,(H,33,34). The number of hydrogen-bond donors (Lipinski definition) is 1. The number of aromatic nitrogens is 3. The van der Waals surface area contributed by atoms with Crippen molar-refractivity contribution in [2.45, 2.75) is 50.4 Å². The summed E-state index contributed by atoms with van der Waals surface area (Å²) in [5, 5.41) is 18.5. The number of methoxy groups -OCH3 is 1. The number of benzene rings is 2. The van der Waals surface area contributed by atoms with Gasteiger partial charge in [0.2, 0.25) is 0 Å². The second-order valence-electron chi connectivity index (χ2n) is 10.3. The van der Waals surface area contributed by atoms with Crippen molar-refractivity contribution < 1.29 is 23.0 Å². The number of H-pyrrole nitrogens is 1. The monoisotopic (exact) mass is 518 g/mol. The van der Waals surface area contributed by atoms with Gasteiger partial charge in [0, 0.05) is 47.4 Å². The maximum Gasteiger partial charge on any atom is 0.308 e. The molecule has 1 saturated heterocycles. The summed E-state index contributed by atoms with van der Waals surface area (Å²) in [7, 11) is 1.43. The molecule has 1 N–H and O–H groups in total. The first-order chi connectivity index (χ1) is 18.5. The molecule has 2 aromatic heterocycles. The van der Waals surface area contributed by atoms with E-state index in [-0.39, 0.29) is 29.4 Å². The molecule has 2 fully saturated rings. The molecule has 0 spiro atoms. The molecule has 6 rings (SSSR count). The van der Waals surface area contributed by atoms with Crippen molar-refractivity contribution in [3.63, 3.8) is 0 Å². The van der Waals surface area contributed by atoms with Gasteiger partial charge in [-0.25, -0.2) is 8.78 Å². The molecule has 0 amide bonds. The minimum Gasteiger partial charge on any atom is -0.469 e. The number of halogens is 2. The Labute approximate surface area is 218 Å². The number of rotatable bonds is 4. The van der Waals surface area contributed by atoms with Crippen molar-refractivity contribution in [3.05, 3.63) is 58.9 Å². The van der Waals surface area contributed by atoms with Crippen LogP contribution in [0.5, 0.6) is 0 Å². The minimum atomic E-state index is -0.912. The molecule has 2 aromatic carbocycles. The van der Waals surface area contributed by atoms with Crippen LogP contribution in [0, 0.1) is 28.9 Å². The van der Waals surface area contributed by atoms with E-state index >= 15 is 0 Å². The van der Waals surface area contributed by atoms with E-state index < -0.39 is 11.6 Å². The van der Waals surface area contributed by atoms with Crippen molar-refractivity contribution in [1.29, 1.82) is 5.26 Å². The van der Waals surface area contributed by atoms with Crippen molar-refractivity contribution in [2.75, 3.05) is 20.3 Å². The highest BCUT2D eigenvalue weighted by Gasteiger charge is 2.35. The van der Waals surface area contributed by atoms with Crippen LogP contribution < -0.4 is 0 Å². The molecule has 9 heteroatoms. The van der Waals surface area contributed by atoms with Crippen LogP contribution in [-0.2, 0) is 14.3 Å². The van der Waals surface area contributed by atoms with E-state index in [1.807, 2.05) is 16.7 Å². The summed E-state index contributed by atoms with van der Waals surface area (Å²) in [6, 6.07) is 10.1. The first-order valence-corrected chi connectivity index (χ1v) is 13.1. The van der Waals surface area contributed by atoms with Gasteiger partial charge in [0.1, 0.15) is 6.07 Å². The van der Waals surface area contributed by atoms with Gasteiger partial charge in [-0.15, -0.1) is 0 Å². The zero-order chi connectivity index (χ0) is 26.4. The highest BCUT2D eigenvalue weighted by Crippen LogP contribution is 2.47. The first-order valence-electron chi connectivity index (χ1n) is 13.1. The summed E-state index contributed by atoms with van der Waals surface area (Å²) in [5.74, 6) is -1.75. The number of aromatic amines is 1. The SMILES string of the molecule is COC(=O)C1CCC(c2c(C3CCOCC3)n(-c3ccc(F)c(F)c3)c3cc4c(C#N)n[nH]c4cc23)CC1. The van der Waals surface area contributed by atoms with E-state index in [1.54, 1.807) is 6.07 Å². The molecule has 7 nitrogen and oxygen atoms in total. The van der Waals surface area contributed by atoms with Gasteiger partial charge in [-0.05, 0) is 74.3 Å². The van der Waals surface area contributed by atoms with Crippen LogP contribution in [-0.4, -0.2) is 41.1 Å². The summed E-state index contributed by atoms with van der Waals surface area (Å²) in [6.45, 7) is 1.25. The maximum absolute atomic E-state index is 14.6. The number of nitrogens with one attached hydrogen (secondary N) is 1. The van der Waals surface area contributed by atoms with Crippen LogP contribution in [0.3, 0.4) is 0 Å². The Morgan fingerprint density at radius 2 is 1.82 bits per heavy atom. The largest absolute Gasteiger partial charge is 0.469 e. The fraction of sp³-hybridized carbons (Fsp3) is 0.414. The van der Waals surface area contributed by atoms with Gasteiger partial charge >= 0.3 is 5.97 Å². The third-order valence-electron chi connectivity index (χ3n) is 8.27. The number of hydrogen-bond acceptors (Lipinski definition) is 5. The highest BCUT2D eigenvalue weighted by molar-refractivity contribution is 6.00. The molecular formula is C29H28F2N4O3. The molecule has 1 saturated carbocycles. The van der Waals surface area contributed by atoms with Gasteiger partial charge in [0.05, 0.1) is 24.1 Å². The number of ether oxygens (including phenoxy) is 2. The van der Waals surface area contributed by atoms with Crippen LogP contribution in [0.4, 0.5) is 8.78 Å². The van der Waals surface area contributed by atoms with Gasteiger partial charge in [-0.2, -0.15) is 10.4 Å². The van der Waals surface area contributed by atoms with Crippen LogP contribution >= 0.6 is 0 Å². The maximum atomic E-state index is 14.6. The Morgan fingerprint density at radius 1 is 1.05 bits per heavy atom. The fourth-order valence-electron chi connectivity index (χ4n) is 6.42. The van der Waals surface area contributed by atoms with Gasteiger partial charge in [-0.1, -0.05) is 0 Å². The van der Waals surface area contributed by atoms with Crippen molar-refractivity contribution in [2.24, 2.45) is 5.92 Å². The van der Waals surface area contributed by atoms with Crippen LogP contribution in [0.15, 0.2) is 30.3 Å². The first kappa shape index (κ1) is 24.6. The highest BCUT2D eigenvalue weighted by atomic mass is 19.2. The topological polar surface area (TPSA) is 92.9 Å². The summed E-state index contributed by atoms with van der Waals surface area (Å²) in [6.07, 6.45) is 4.72. The van der Waals surface area contributed by atoms with E-state index in [4.69, 9.17) is 9.47 Å². The molecule has 196 valence electrons. The smallest absolute Gasteiger partial charge is 0.308 e. The Balaban J connectivity index is 1.62. The zero-order valence-corrected chi connectivity index (χ0v) is 21.1. The van der Waals surface area contributed by atoms with Crippen molar-refractivity contribution in [3.8, 4) is 11.8 Å². The quantitative estimate of drug-likeness (QED) is 0.335. The van der Waals surface area contributed by atoms with E-state index in [1.165, 1.54) is 18.7 Å². The number of fused-ring (bicyclic) bond motifs is 2. The van der Waals surface area contributed by atoms with Crippen molar-refractivity contribution in [1.82, 2.24) is 14.8 Å². The lowest BCUT2D eigenvalue weighted by atomic mass is 9.76. The average Bonchev–Trinajstić information content (AvgIpc) is 3.51. The molecule has 2 aliphatic rings. The Bertz CT molecular complexity index is 1570. The third kappa shape index (κ3) is 4.04. The van der Waals surface area contributed by atoms with E-state index in [2.05, 4.69) is 16.3 Å². The molecular weight excluding hydrogens is 490 g/mol. The summed E-state index contributed by atoms with van der Waals surface area (Å²) < 4.78 is 41.3. The number of nitriles is 1. The van der Waals surface area contributed by atoms with E-state index in [9.17, 15) is 18.8 Å². The van der Waals surface area contributed by atoms with E-state index in [0.717, 1.165) is 66.7 Å². The second kappa shape index (κ2) is 9.84. The molecule has 1 aliphatic heterocycles. The number of esters is 1. The van der Waals surface area contributed by atoms with Gasteiger partial charge in [0.15, 0.2) is 17.3 Å². The molecule has 0 atom stereocenters. The predicted molar refractivity (Wildman–Crippen MR) is 137 cm³/mol. The molecule has 0 bridgehead atoms. The average molecular weight is 519 g/mol. The number of carbonyl (C=O) groups is 1. The predicted octanol–water partition coefficient (Wildman–Crippen LogP) is 6.00. The molecule has 3 heterocycles.